The van der Waals surface area contributed by atoms with Gasteiger partial charge in [-0.1, -0.05) is 6.42 Å². The second kappa shape index (κ2) is 4.58. The summed E-state index contributed by atoms with van der Waals surface area (Å²) in [5, 5.41) is 3.60. The average molecular weight is 219 g/mol. The minimum Gasteiger partial charge on any atom is -0.336 e. The highest BCUT2D eigenvalue weighted by Gasteiger charge is 2.38. The van der Waals surface area contributed by atoms with Gasteiger partial charge in [-0.3, -0.25) is 0 Å². The Bertz CT molecular complexity index is 320. The lowest BCUT2D eigenvalue weighted by molar-refractivity contribution is 0.317. The molecule has 0 aromatic carbocycles. The summed E-state index contributed by atoms with van der Waals surface area (Å²) < 4.78 is 2.13. The number of rotatable bonds is 5. The molecule has 2 aliphatic carbocycles. The molecule has 2 saturated carbocycles. The van der Waals surface area contributed by atoms with Crippen molar-refractivity contribution in [3.8, 4) is 0 Å². The Hall–Kier alpha value is -0.830. The molecular weight excluding hydrogens is 198 g/mol. The van der Waals surface area contributed by atoms with E-state index in [2.05, 4.69) is 14.9 Å². The fourth-order valence-corrected chi connectivity index (χ4v) is 3.54. The highest BCUT2D eigenvalue weighted by atomic mass is 15.0. The Morgan fingerprint density at radius 3 is 3.00 bits per heavy atom. The van der Waals surface area contributed by atoms with Crippen LogP contribution in [0.25, 0.3) is 0 Å². The van der Waals surface area contributed by atoms with E-state index in [1.54, 1.807) is 0 Å². The molecule has 16 heavy (non-hydrogen) atoms. The van der Waals surface area contributed by atoms with Gasteiger partial charge in [-0.25, -0.2) is 4.98 Å². The number of aromatic nitrogens is 2. The smallest absolute Gasteiger partial charge is 0.0946 e. The monoisotopic (exact) mass is 219 g/mol. The average Bonchev–Trinajstić information content (AvgIpc) is 3.01. The fourth-order valence-electron chi connectivity index (χ4n) is 3.54. The molecule has 2 bridgehead atoms. The molecule has 2 aliphatic rings. The lowest BCUT2D eigenvalue weighted by atomic mass is 9.89. The Morgan fingerprint density at radius 1 is 1.31 bits per heavy atom. The van der Waals surface area contributed by atoms with E-state index >= 15 is 0 Å². The van der Waals surface area contributed by atoms with Gasteiger partial charge in [-0.05, 0) is 43.6 Å². The van der Waals surface area contributed by atoms with Gasteiger partial charge in [0.15, 0.2) is 0 Å². The summed E-state index contributed by atoms with van der Waals surface area (Å²) >= 11 is 0. The number of imidazole rings is 1. The lowest BCUT2D eigenvalue weighted by Gasteiger charge is -2.21. The fraction of sp³-hybridized carbons (Fsp3) is 0.769. The van der Waals surface area contributed by atoms with Gasteiger partial charge in [0.25, 0.3) is 0 Å². The van der Waals surface area contributed by atoms with Gasteiger partial charge >= 0.3 is 0 Å². The number of hydrogen-bond acceptors (Lipinski definition) is 2. The molecule has 3 atom stereocenters. The van der Waals surface area contributed by atoms with E-state index in [4.69, 9.17) is 0 Å². The van der Waals surface area contributed by atoms with E-state index in [1.807, 2.05) is 18.7 Å². The number of hydrogen-bond donors (Lipinski definition) is 1. The molecule has 1 N–H and O–H groups in total. The first-order chi connectivity index (χ1) is 7.92. The minimum atomic E-state index is 0.974. The van der Waals surface area contributed by atoms with Crippen molar-refractivity contribution in [1.82, 2.24) is 14.9 Å². The van der Waals surface area contributed by atoms with Crippen molar-refractivity contribution in [2.75, 3.05) is 13.1 Å². The molecule has 3 nitrogen and oxygen atoms in total. The van der Waals surface area contributed by atoms with E-state index in [-0.39, 0.29) is 0 Å². The van der Waals surface area contributed by atoms with Crippen LogP contribution >= 0.6 is 0 Å². The van der Waals surface area contributed by atoms with Gasteiger partial charge < -0.3 is 9.88 Å². The zero-order valence-electron chi connectivity index (χ0n) is 9.81. The maximum Gasteiger partial charge on any atom is 0.0946 e. The van der Waals surface area contributed by atoms with Crippen molar-refractivity contribution in [1.29, 1.82) is 0 Å². The molecule has 0 aliphatic heterocycles. The van der Waals surface area contributed by atoms with Crippen molar-refractivity contribution in [2.24, 2.45) is 17.8 Å². The van der Waals surface area contributed by atoms with Gasteiger partial charge in [0.05, 0.1) is 6.33 Å². The summed E-state index contributed by atoms with van der Waals surface area (Å²) in [6.07, 6.45) is 11.8. The van der Waals surface area contributed by atoms with E-state index < -0.39 is 0 Å². The Labute approximate surface area is 97.3 Å². The summed E-state index contributed by atoms with van der Waals surface area (Å²) in [5.41, 5.74) is 0. The van der Waals surface area contributed by atoms with Gasteiger partial charge in [-0.15, -0.1) is 0 Å². The molecule has 1 heterocycles. The third-order valence-corrected chi connectivity index (χ3v) is 4.40. The molecule has 3 unspecified atom stereocenters. The molecule has 3 rings (SSSR count). The van der Waals surface area contributed by atoms with Crippen LogP contribution in [0.3, 0.4) is 0 Å². The first-order valence-corrected chi connectivity index (χ1v) is 6.58. The molecule has 0 amide bonds. The van der Waals surface area contributed by atoms with Crippen LogP contribution < -0.4 is 5.32 Å². The lowest BCUT2D eigenvalue weighted by Crippen LogP contribution is -2.28. The third kappa shape index (κ3) is 2.14. The van der Waals surface area contributed by atoms with Gasteiger partial charge in [0.2, 0.25) is 0 Å². The quantitative estimate of drug-likeness (QED) is 0.767. The maximum absolute atomic E-state index is 4.04. The van der Waals surface area contributed by atoms with Gasteiger partial charge in [0.1, 0.15) is 0 Å². The number of fused-ring (bicyclic) bond motifs is 2. The van der Waals surface area contributed by atoms with E-state index in [0.29, 0.717) is 0 Å². The van der Waals surface area contributed by atoms with Crippen LogP contribution in [-0.2, 0) is 6.54 Å². The third-order valence-electron chi connectivity index (χ3n) is 4.40. The zero-order valence-corrected chi connectivity index (χ0v) is 9.81. The van der Waals surface area contributed by atoms with E-state index in [1.165, 1.54) is 32.2 Å². The van der Waals surface area contributed by atoms with Crippen LogP contribution in [0.2, 0.25) is 0 Å². The minimum absolute atomic E-state index is 0.974. The van der Waals surface area contributed by atoms with Crippen LogP contribution in [0, 0.1) is 17.8 Å². The first-order valence-electron chi connectivity index (χ1n) is 6.58. The number of nitrogens with one attached hydrogen (secondary N) is 1. The normalized spacial score (nSPS) is 32.4. The SMILES string of the molecule is c1cn(CCNCC2CC3CCC2C3)cn1. The van der Waals surface area contributed by atoms with Crippen molar-refractivity contribution >= 4 is 0 Å². The molecule has 0 saturated heterocycles. The van der Waals surface area contributed by atoms with Crippen molar-refractivity contribution in [2.45, 2.75) is 32.2 Å². The van der Waals surface area contributed by atoms with Crippen LogP contribution in [0.5, 0.6) is 0 Å². The molecule has 3 heteroatoms. The van der Waals surface area contributed by atoms with Crippen LogP contribution in [0.4, 0.5) is 0 Å². The van der Waals surface area contributed by atoms with E-state index in [9.17, 15) is 0 Å². The van der Waals surface area contributed by atoms with Crippen LogP contribution in [0.15, 0.2) is 18.7 Å². The first kappa shape index (κ1) is 10.3. The second-order valence-corrected chi connectivity index (χ2v) is 5.44. The molecule has 0 radical (unpaired) electrons. The van der Waals surface area contributed by atoms with Crippen molar-refractivity contribution in [3.63, 3.8) is 0 Å². The molecule has 88 valence electrons. The highest BCUT2D eigenvalue weighted by Crippen LogP contribution is 2.47. The molecule has 0 spiro atoms. The highest BCUT2D eigenvalue weighted by molar-refractivity contribution is 4.90. The predicted molar refractivity (Wildman–Crippen MR) is 64.0 cm³/mol. The molecule has 1 aromatic heterocycles. The molecular formula is C13H21N3. The maximum atomic E-state index is 4.04. The summed E-state index contributed by atoms with van der Waals surface area (Å²) in [6.45, 7) is 3.35. The van der Waals surface area contributed by atoms with Gasteiger partial charge in [0, 0.05) is 25.5 Å². The summed E-state index contributed by atoms with van der Waals surface area (Å²) in [4.78, 5) is 4.04. The van der Waals surface area contributed by atoms with Crippen molar-refractivity contribution < 1.29 is 0 Å². The largest absolute Gasteiger partial charge is 0.336 e. The van der Waals surface area contributed by atoms with Crippen LogP contribution in [0.1, 0.15) is 25.7 Å². The Morgan fingerprint density at radius 2 is 2.31 bits per heavy atom. The van der Waals surface area contributed by atoms with Gasteiger partial charge in [-0.2, -0.15) is 0 Å². The second-order valence-electron chi connectivity index (χ2n) is 5.44. The van der Waals surface area contributed by atoms with Crippen LogP contribution in [-0.4, -0.2) is 22.6 Å². The number of nitrogens with zero attached hydrogens (tertiary/aromatic N) is 2. The zero-order chi connectivity index (χ0) is 10.8. The van der Waals surface area contributed by atoms with Crippen molar-refractivity contribution in [3.05, 3.63) is 18.7 Å². The standard InChI is InChI=1S/C13H21N3/c1-2-12-7-11(1)8-13(12)9-14-3-5-16-6-4-15-10-16/h4,6,10-14H,1-3,5,7-9H2. The topological polar surface area (TPSA) is 29.9 Å². The summed E-state index contributed by atoms with van der Waals surface area (Å²) in [5.74, 6) is 3.10. The van der Waals surface area contributed by atoms with E-state index in [0.717, 1.165) is 30.8 Å². The summed E-state index contributed by atoms with van der Waals surface area (Å²) in [6, 6.07) is 0. The predicted octanol–water partition coefficient (Wildman–Crippen LogP) is 1.91. The summed E-state index contributed by atoms with van der Waals surface area (Å²) in [7, 11) is 0. The molecule has 1 aromatic rings. The molecule has 2 fully saturated rings. The Kier molecular flexibility index (Phi) is 2.96. The Balaban J connectivity index is 1.35.